The standard InChI is InChI=1S/C17H18ClFN4O4S/c18-12-1-3-13(4-2-12)22-7-9-23(10-8-22)17(24)21-16-6-5-14(11-15(16)19)27-28(20,25)26/h1-6,11H,7-10H2,(H,21,24)(H2,20,25,26). The maximum atomic E-state index is 14.1. The first kappa shape index (κ1) is 20.2. The number of nitrogens with two attached hydrogens (primary N) is 1. The molecule has 2 amide bonds. The van der Waals surface area contributed by atoms with Crippen molar-refractivity contribution in [3.05, 3.63) is 53.3 Å². The van der Waals surface area contributed by atoms with Crippen LogP contribution in [0.2, 0.25) is 5.02 Å². The van der Waals surface area contributed by atoms with Gasteiger partial charge < -0.3 is 19.3 Å². The minimum atomic E-state index is -4.25. The third-order valence-electron chi connectivity index (χ3n) is 4.15. The summed E-state index contributed by atoms with van der Waals surface area (Å²) in [5, 5.41) is 7.86. The van der Waals surface area contributed by atoms with Crippen LogP contribution < -0.4 is 19.5 Å². The number of benzene rings is 2. The number of urea groups is 1. The molecule has 0 spiro atoms. The highest BCUT2D eigenvalue weighted by Crippen LogP contribution is 2.23. The van der Waals surface area contributed by atoms with Crippen molar-refractivity contribution in [2.75, 3.05) is 36.4 Å². The van der Waals surface area contributed by atoms with Crippen LogP contribution in [0.5, 0.6) is 5.75 Å². The number of nitrogens with one attached hydrogen (secondary N) is 1. The van der Waals surface area contributed by atoms with Crippen molar-refractivity contribution in [2.24, 2.45) is 5.14 Å². The lowest BCUT2D eigenvalue weighted by Gasteiger charge is -2.36. The van der Waals surface area contributed by atoms with E-state index in [0.717, 1.165) is 11.8 Å². The minimum absolute atomic E-state index is 0.0908. The van der Waals surface area contributed by atoms with Gasteiger partial charge in [-0.3, -0.25) is 0 Å². The molecule has 1 saturated heterocycles. The summed E-state index contributed by atoms with van der Waals surface area (Å²) in [6.45, 7) is 2.17. The number of nitrogens with zero attached hydrogens (tertiary/aromatic N) is 2. The number of amides is 2. The van der Waals surface area contributed by atoms with Crippen molar-refractivity contribution in [2.45, 2.75) is 0 Å². The third kappa shape index (κ3) is 5.24. The summed E-state index contributed by atoms with van der Waals surface area (Å²) in [6, 6.07) is 10.2. The van der Waals surface area contributed by atoms with Gasteiger partial charge in [-0.1, -0.05) is 11.6 Å². The van der Waals surface area contributed by atoms with E-state index in [1.807, 2.05) is 24.3 Å². The Morgan fingerprint density at radius 1 is 1.11 bits per heavy atom. The van der Waals surface area contributed by atoms with Gasteiger partial charge in [-0.25, -0.2) is 9.18 Å². The lowest BCUT2D eigenvalue weighted by molar-refractivity contribution is 0.208. The van der Waals surface area contributed by atoms with Crippen LogP contribution in [-0.4, -0.2) is 45.5 Å². The molecule has 8 nitrogen and oxygen atoms in total. The Kier molecular flexibility index (Phi) is 5.92. The molecular weight excluding hydrogens is 411 g/mol. The van der Waals surface area contributed by atoms with Gasteiger partial charge in [-0.2, -0.15) is 13.6 Å². The largest absolute Gasteiger partial charge is 0.380 e. The van der Waals surface area contributed by atoms with Crippen molar-refractivity contribution >= 4 is 39.3 Å². The molecule has 1 heterocycles. The molecule has 0 aliphatic carbocycles. The highest BCUT2D eigenvalue weighted by atomic mass is 35.5. The van der Waals surface area contributed by atoms with E-state index in [1.165, 1.54) is 12.1 Å². The van der Waals surface area contributed by atoms with E-state index in [-0.39, 0.29) is 11.4 Å². The molecule has 0 atom stereocenters. The molecule has 1 aliphatic heterocycles. The van der Waals surface area contributed by atoms with Gasteiger partial charge in [0.05, 0.1) is 5.69 Å². The van der Waals surface area contributed by atoms with Crippen LogP contribution in [0.1, 0.15) is 0 Å². The Hall–Kier alpha value is -2.56. The number of halogens is 2. The minimum Gasteiger partial charge on any atom is -0.371 e. The Bertz CT molecular complexity index is 964. The highest BCUT2D eigenvalue weighted by molar-refractivity contribution is 7.84. The summed E-state index contributed by atoms with van der Waals surface area (Å²) in [7, 11) is -4.25. The molecular formula is C17H18ClFN4O4S. The van der Waals surface area contributed by atoms with Crippen molar-refractivity contribution in [3.8, 4) is 5.75 Å². The predicted molar refractivity (Wildman–Crippen MR) is 104 cm³/mol. The molecule has 0 saturated carbocycles. The topological polar surface area (TPSA) is 105 Å². The average Bonchev–Trinajstić information content (AvgIpc) is 2.63. The van der Waals surface area contributed by atoms with Gasteiger partial charge in [0.1, 0.15) is 5.75 Å². The van der Waals surface area contributed by atoms with E-state index in [1.54, 1.807) is 4.90 Å². The van der Waals surface area contributed by atoms with Gasteiger partial charge in [0, 0.05) is 43.0 Å². The molecule has 150 valence electrons. The van der Waals surface area contributed by atoms with E-state index < -0.39 is 22.2 Å². The first-order valence-electron chi connectivity index (χ1n) is 8.29. The number of hydrogen-bond acceptors (Lipinski definition) is 5. The molecule has 2 aromatic rings. The maximum Gasteiger partial charge on any atom is 0.380 e. The second kappa shape index (κ2) is 8.21. The van der Waals surface area contributed by atoms with Crippen LogP contribution in [0.4, 0.5) is 20.6 Å². The smallest absolute Gasteiger partial charge is 0.371 e. The first-order chi connectivity index (χ1) is 13.2. The molecule has 3 N–H and O–H groups in total. The molecule has 28 heavy (non-hydrogen) atoms. The summed E-state index contributed by atoms with van der Waals surface area (Å²) in [6.07, 6.45) is 0. The number of rotatable bonds is 4. The van der Waals surface area contributed by atoms with Crippen LogP contribution in [0.15, 0.2) is 42.5 Å². The van der Waals surface area contributed by atoms with Gasteiger partial charge in [0.25, 0.3) is 0 Å². The monoisotopic (exact) mass is 428 g/mol. The molecule has 0 bridgehead atoms. The third-order valence-corrected chi connectivity index (χ3v) is 4.83. The van der Waals surface area contributed by atoms with Crippen molar-refractivity contribution in [3.63, 3.8) is 0 Å². The van der Waals surface area contributed by atoms with Crippen LogP contribution in [0.3, 0.4) is 0 Å². The maximum absolute atomic E-state index is 14.1. The fourth-order valence-electron chi connectivity index (χ4n) is 2.80. The van der Waals surface area contributed by atoms with Crippen LogP contribution >= 0.6 is 11.6 Å². The predicted octanol–water partition coefficient (Wildman–Crippen LogP) is 2.42. The normalized spacial score (nSPS) is 14.7. The van der Waals surface area contributed by atoms with Crippen LogP contribution in [-0.2, 0) is 10.3 Å². The highest BCUT2D eigenvalue weighted by Gasteiger charge is 2.22. The number of carbonyl (C=O) groups excluding carboxylic acids is 1. The lowest BCUT2D eigenvalue weighted by atomic mass is 10.2. The Labute approximate surface area is 166 Å². The van der Waals surface area contributed by atoms with Gasteiger partial charge >= 0.3 is 16.3 Å². The Balaban J connectivity index is 1.58. The Morgan fingerprint density at radius 3 is 2.32 bits per heavy atom. The summed E-state index contributed by atoms with van der Waals surface area (Å²) in [4.78, 5) is 16.1. The first-order valence-corrected chi connectivity index (χ1v) is 10.1. The summed E-state index contributed by atoms with van der Waals surface area (Å²) < 4.78 is 40.2. The lowest BCUT2D eigenvalue weighted by Crippen LogP contribution is -2.50. The zero-order valence-electron chi connectivity index (χ0n) is 14.6. The molecule has 3 rings (SSSR count). The van der Waals surface area contributed by atoms with Crippen molar-refractivity contribution in [1.29, 1.82) is 0 Å². The SMILES string of the molecule is NS(=O)(=O)Oc1ccc(NC(=O)N2CCN(c3ccc(Cl)cc3)CC2)c(F)c1. The number of hydrogen-bond donors (Lipinski definition) is 2. The van der Waals surface area contributed by atoms with E-state index in [0.29, 0.717) is 31.2 Å². The summed E-state index contributed by atoms with van der Waals surface area (Å²) >= 11 is 5.89. The van der Waals surface area contributed by atoms with E-state index in [4.69, 9.17) is 16.7 Å². The van der Waals surface area contributed by atoms with Gasteiger partial charge in [0.15, 0.2) is 5.82 Å². The fraction of sp³-hybridized carbons (Fsp3) is 0.235. The fourth-order valence-corrected chi connectivity index (χ4v) is 3.29. The van der Waals surface area contributed by atoms with Gasteiger partial charge in [0.2, 0.25) is 0 Å². The molecule has 11 heteroatoms. The molecule has 0 radical (unpaired) electrons. The van der Waals surface area contributed by atoms with E-state index >= 15 is 0 Å². The van der Waals surface area contributed by atoms with Gasteiger partial charge in [-0.05, 0) is 36.4 Å². The summed E-state index contributed by atoms with van der Waals surface area (Å²) in [5.74, 6) is -1.12. The zero-order valence-corrected chi connectivity index (χ0v) is 16.2. The zero-order chi connectivity index (χ0) is 20.3. The second-order valence-electron chi connectivity index (χ2n) is 6.10. The van der Waals surface area contributed by atoms with Gasteiger partial charge in [-0.15, -0.1) is 0 Å². The van der Waals surface area contributed by atoms with E-state index in [9.17, 15) is 17.6 Å². The molecule has 0 aromatic heterocycles. The number of anilines is 2. The molecule has 1 fully saturated rings. The molecule has 2 aromatic carbocycles. The van der Waals surface area contributed by atoms with Crippen LogP contribution in [0, 0.1) is 5.82 Å². The number of piperazine rings is 1. The molecule has 0 unspecified atom stereocenters. The average molecular weight is 429 g/mol. The van der Waals surface area contributed by atoms with Crippen LogP contribution in [0.25, 0.3) is 0 Å². The molecule has 1 aliphatic rings. The van der Waals surface area contributed by atoms with Crippen molar-refractivity contribution < 1.29 is 21.8 Å². The Morgan fingerprint density at radius 2 is 1.75 bits per heavy atom. The van der Waals surface area contributed by atoms with E-state index in [2.05, 4.69) is 14.4 Å². The summed E-state index contributed by atoms with van der Waals surface area (Å²) in [5.41, 5.74) is 0.924. The quantitative estimate of drug-likeness (QED) is 0.778. The number of carbonyl (C=O) groups is 1. The van der Waals surface area contributed by atoms with Crippen molar-refractivity contribution in [1.82, 2.24) is 4.90 Å². The second-order valence-corrected chi connectivity index (χ2v) is 7.69.